The average Bonchev–Trinajstić information content (AvgIpc) is 4.11. The lowest BCUT2D eigenvalue weighted by atomic mass is 9.73. The predicted molar refractivity (Wildman–Crippen MR) is 288 cm³/mol. The lowest BCUT2D eigenvalue weighted by Gasteiger charge is -2.38. The van der Waals surface area contributed by atoms with Gasteiger partial charge in [0.15, 0.2) is 11.5 Å². The number of imidazole rings is 1. The second-order valence-electron chi connectivity index (χ2n) is 21.0. The van der Waals surface area contributed by atoms with E-state index in [1.54, 1.807) is 17.5 Å². The number of β-amino-alcohol motifs (C(OH)–C–C–N with tert-alkyl or cyclic N) is 1. The van der Waals surface area contributed by atoms with Gasteiger partial charge in [0.1, 0.15) is 23.4 Å². The molecule has 0 bridgehead atoms. The van der Waals surface area contributed by atoms with Crippen LogP contribution in [0, 0.1) is 18.3 Å². The summed E-state index contributed by atoms with van der Waals surface area (Å²) in [5.41, 5.74) is 29.3. The van der Waals surface area contributed by atoms with Gasteiger partial charge in [-0.15, -0.1) is 11.3 Å². The number of nitrogens with one attached hydrogen (secondary N) is 2. The van der Waals surface area contributed by atoms with E-state index in [2.05, 4.69) is 38.8 Å². The number of nitrogens with two attached hydrogens (primary N) is 3. The molecule has 0 spiro atoms. The van der Waals surface area contributed by atoms with E-state index in [0.29, 0.717) is 54.1 Å². The maximum absolute atomic E-state index is 14.2. The van der Waals surface area contributed by atoms with E-state index in [1.807, 2.05) is 117 Å². The summed E-state index contributed by atoms with van der Waals surface area (Å²) >= 11 is 1.57. The van der Waals surface area contributed by atoms with Crippen molar-refractivity contribution in [2.75, 3.05) is 12.3 Å². The Kier molecular flexibility index (Phi) is 15.1. The van der Waals surface area contributed by atoms with Crippen LogP contribution in [0.15, 0.2) is 109 Å². The molecule has 1 unspecified atom stereocenters. The number of primary amides is 1. The molecule has 2 aliphatic rings. The van der Waals surface area contributed by atoms with Crippen molar-refractivity contribution in [2.45, 2.75) is 116 Å². The highest BCUT2D eigenvalue weighted by atomic mass is 32.1. The normalized spacial score (nSPS) is 17.1. The molecule has 1 saturated carbocycles. The van der Waals surface area contributed by atoms with Crippen LogP contribution in [0.1, 0.15) is 94.5 Å². The lowest BCUT2D eigenvalue weighted by Crippen LogP contribution is -2.57. The molecule has 9 N–H and O–H groups in total. The molecular formula is C57H65N11O5S. The zero-order valence-corrected chi connectivity index (χ0v) is 43.2. The van der Waals surface area contributed by atoms with E-state index in [-0.39, 0.29) is 43.3 Å². The first kappa shape index (κ1) is 51.6. The van der Waals surface area contributed by atoms with Crippen LogP contribution in [0.2, 0.25) is 0 Å². The minimum atomic E-state index is -0.974. The highest BCUT2D eigenvalue weighted by Crippen LogP contribution is 2.40. The van der Waals surface area contributed by atoms with Gasteiger partial charge >= 0.3 is 0 Å². The third kappa shape index (κ3) is 11.2. The van der Waals surface area contributed by atoms with Crippen molar-refractivity contribution in [1.82, 2.24) is 40.0 Å². The quantitative estimate of drug-likeness (QED) is 0.0491. The molecule has 3 aromatic carbocycles. The number of rotatable bonds is 18. The number of hydrogen-bond donors (Lipinski definition) is 6. The largest absolute Gasteiger partial charge is 0.391 e. The molecule has 5 heterocycles. The number of thiazole rings is 1. The molecule has 9 rings (SSSR count). The summed E-state index contributed by atoms with van der Waals surface area (Å²) in [4.78, 5) is 75.5. The van der Waals surface area contributed by atoms with Gasteiger partial charge in [-0.1, -0.05) is 75.4 Å². The Labute approximate surface area is 435 Å². The van der Waals surface area contributed by atoms with Crippen LogP contribution in [0.5, 0.6) is 0 Å². The van der Waals surface area contributed by atoms with Gasteiger partial charge in [-0.25, -0.2) is 19.9 Å². The minimum Gasteiger partial charge on any atom is -0.391 e. The van der Waals surface area contributed by atoms with Gasteiger partial charge < -0.3 is 37.8 Å². The SMILES string of the molecule is Cc1ncsc1-c1ccc(CNC(=O)[C@@H]2C[C@@H](O)CN2C(=O)[C@@H](NC(=O)CCCC(CCc2cccc(-c3ccc4nc(-c5cccnc5N)n(-c5ccc(C6(N)CCC6)cc5)c4n3)c2)C(N)=O)C(C)(C)C)cc1. The van der Waals surface area contributed by atoms with Gasteiger partial charge in [0.05, 0.1) is 33.4 Å². The van der Waals surface area contributed by atoms with E-state index in [1.165, 1.54) is 4.90 Å². The fraction of sp³-hybridized carbons (Fsp3) is 0.368. The maximum Gasteiger partial charge on any atom is 0.246 e. The van der Waals surface area contributed by atoms with E-state index >= 15 is 0 Å². The first-order valence-electron chi connectivity index (χ1n) is 25.4. The number of aromatic nitrogens is 5. The molecular weight excluding hydrogens is 951 g/mol. The van der Waals surface area contributed by atoms with Crippen molar-refractivity contribution in [2.24, 2.45) is 22.8 Å². The Morgan fingerprint density at radius 1 is 0.905 bits per heavy atom. The van der Waals surface area contributed by atoms with Crippen LogP contribution in [0.25, 0.3) is 49.9 Å². The number of nitrogen functional groups attached to an aromatic ring is 1. The maximum atomic E-state index is 14.2. The van der Waals surface area contributed by atoms with Gasteiger partial charge in [0.25, 0.3) is 0 Å². The Morgan fingerprint density at radius 2 is 1.68 bits per heavy atom. The summed E-state index contributed by atoms with van der Waals surface area (Å²) in [7, 11) is 0. The molecule has 0 radical (unpaired) electrons. The van der Waals surface area contributed by atoms with Crippen LogP contribution in [-0.2, 0) is 37.7 Å². The van der Waals surface area contributed by atoms with Crippen LogP contribution >= 0.6 is 11.3 Å². The van der Waals surface area contributed by atoms with Gasteiger partial charge in [0.2, 0.25) is 23.6 Å². The molecule has 4 atom stereocenters. The monoisotopic (exact) mass is 1020 g/mol. The Hall–Kier alpha value is -7.34. The molecule has 74 heavy (non-hydrogen) atoms. The number of likely N-dealkylation sites (tertiary alicyclic amines) is 1. The molecule has 1 aliphatic heterocycles. The van der Waals surface area contributed by atoms with E-state index in [4.69, 9.17) is 27.2 Å². The standard InChI is InChI=1S/C57H65N11O5S/c1-34-48(74-33-63-34)37-17-15-36(16-18-37)31-62-54(72)46-30-42(69)32-67(46)55(73)49(56(2,3)4)66-47(70)13-6-10-38(51(59)71)19-14-35-9-5-11-39(29-35)44-24-25-45-53(64-44)68(52(65-45)43-12-7-28-61-50(43)58)41-22-20-40(21-23-41)57(60)26-8-27-57/h5,7,9,11-12,15-18,20-25,28-29,33,38,42,46,49,69H,6,8,10,13-14,19,26-27,30-32,60H2,1-4H3,(H2,58,61)(H2,59,71)(H,62,72)(H,66,70)/t38?,42-,46+,49-/m1/s1. The Bertz CT molecular complexity index is 3180. The van der Waals surface area contributed by atoms with Crippen molar-refractivity contribution in [3.63, 3.8) is 0 Å². The smallest absolute Gasteiger partial charge is 0.246 e. The van der Waals surface area contributed by atoms with Crippen LogP contribution in [0.4, 0.5) is 5.82 Å². The minimum absolute atomic E-state index is 0.0300. The molecule has 2 fully saturated rings. The number of anilines is 1. The van der Waals surface area contributed by atoms with Crippen molar-refractivity contribution in [3.05, 3.63) is 131 Å². The average molecular weight is 1020 g/mol. The van der Waals surface area contributed by atoms with Gasteiger partial charge in [-0.05, 0) is 122 Å². The van der Waals surface area contributed by atoms with Crippen LogP contribution in [0.3, 0.4) is 0 Å². The molecule has 4 aromatic heterocycles. The first-order chi connectivity index (χ1) is 35.5. The highest BCUT2D eigenvalue weighted by Gasteiger charge is 2.44. The number of aliphatic hydroxyl groups excluding tert-OH is 1. The van der Waals surface area contributed by atoms with Gasteiger partial charge in [0, 0.05) is 54.8 Å². The number of pyridine rings is 2. The second kappa shape index (κ2) is 21.6. The van der Waals surface area contributed by atoms with Crippen molar-refractivity contribution < 1.29 is 24.3 Å². The molecule has 1 aliphatic carbocycles. The number of nitrogens with zero attached hydrogens (tertiary/aromatic N) is 6. The molecule has 7 aromatic rings. The number of carbonyl (C=O) groups excluding carboxylic acids is 4. The van der Waals surface area contributed by atoms with Crippen LogP contribution in [-0.4, -0.2) is 82.9 Å². The summed E-state index contributed by atoms with van der Waals surface area (Å²) in [6, 6.07) is 29.9. The number of aryl methyl sites for hydroxylation is 2. The molecule has 16 nitrogen and oxygen atoms in total. The number of aliphatic hydroxyl groups is 1. The molecule has 4 amide bonds. The topological polar surface area (TPSA) is 250 Å². The van der Waals surface area contributed by atoms with Crippen molar-refractivity contribution >= 4 is 51.9 Å². The van der Waals surface area contributed by atoms with Gasteiger partial charge in [-0.2, -0.15) is 0 Å². The fourth-order valence-corrected chi connectivity index (χ4v) is 10.9. The zero-order chi connectivity index (χ0) is 52.3. The number of hydrogen-bond acceptors (Lipinski definition) is 12. The third-order valence-electron chi connectivity index (χ3n) is 14.6. The molecule has 1 saturated heterocycles. The summed E-state index contributed by atoms with van der Waals surface area (Å²) in [5.74, 6) is -1.14. The number of carbonyl (C=O) groups is 4. The van der Waals surface area contributed by atoms with E-state index in [9.17, 15) is 24.3 Å². The lowest BCUT2D eigenvalue weighted by molar-refractivity contribution is -0.144. The zero-order valence-electron chi connectivity index (χ0n) is 42.4. The Morgan fingerprint density at radius 3 is 2.35 bits per heavy atom. The summed E-state index contributed by atoms with van der Waals surface area (Å²) in [6.45, 7) is 7.72. The second-order valence-corrected chi connectivity index (χ2v) is 21.8. The van der Waals surface area contributed by atoms with E-state index in [0.717, 1.165) is 69.0 Å². The first-order valence-corrected chi connectivity index (χ1v) is 26.3. The third-order valence-corrected chi connectivity index (χ3v) is 15.6. The highest BCUT2D eigenvalue weighted by molar-refractivity contribution is 7.13. The molecule has 384 valence electrons. The predicted octanol–water partition coefficient (Wildman–Crippen LogP) is 7.52. The van der Waals surface area contributed by atoms with Crippen molar-refractivity contribution in [3.8, 4) is 38.8 Å². The number of fused-ring (bicyclic) bond motifs is 1. The van der Waals surface area contributed by atoms with Gasteiger partial charge in [-0.3, -0.25) is 23.7 Å². The summed E-state index contributed by atoms with van der Waals surface area (Å²) in [5, 5.41) is 16.6. The number of amides is 4. The number of benzene rings is 3. The van der Waals surface area contributed by atoms with E-state index < -0.39 is 41.3 Å². The van der Waals surface area contributed by atoms with Crippen LogP contribution < -0.4 is 27.8 Å². The van der Waals surface area contributed by atoms with Crippen molar-refractivity contribution in [1.29, 1.82) is 0 Å². The summed E-state index contributed by atoms with van der Waals surface area (Å²) < 4.78 is 2.01. The summed E-state index contributed by atoms with van der Waals surface area (Å²) in [6.07, 6.45) is 5.71. The molecule has 17 heteroatoms. The fourth-order valence-electron chi connectivity index (χ4n) is 10.1. The Balaban J connectivity index is 0.819.